The molecular formula is C13H24FNO4. The van der Waals surface area contributed by atoms with Gasteiger partial charge in [-0.1, -0.05) is 0 Å². The van der Waals surface area contributed by atoms with Gasteiger partial charge >= 0.3 is 12.1 Å². The number of nitrogens with one attached hydrogen (secondary N) is 1. The second-order valence-corrected chi connectivity index (χ2v) is 6.21. The van der Waals surface area contributed by atoms with Gasteiger partial charge in [-0.25, -0.2) is 9.59 Å². The molecule has 5 nitrogen and oxygen atoms in total. The SMILES string of the molecule is CC(C)(C)OC(=O)N[C@@H](CCF)C(=O)OC(C)(C)C. The molecule has 0 aromatic heterocycles. The standard InChI is InChI=1S/C13H24FNO4/c1-12(2,3)18-10(16)9(7-8-14)15-11(17)19-13(4,5)6/h9H,7-8H2,1-6H3,(H,15,17)/t9-/m0/s1. The molecule has 6 heteroatoms. The normalized spacial score (nSPS) is 13.6. The summed E-state index contributed by atoms with van der Waals surface area (Å²) >= 11 is 0. The highest BCUT2D eigenvalue weighted by Gasteiger charge is 2.28. The van der Waals surface area contributed by atoms with Crippen LogP contribution < -0.4 is 5.32 Å². The summed E-state index contributed by atoms with van der Waals surface area (Å²) in [5.74, 6) is -0.670. The van der Waals surface area contributed by atoms with Gasteiger partial charge in [0.1, 0.15) is 17.2 Å². The average molecular weight is 277 g/mol. The summed E-state index contributed by atoms with van der Waals surface area (Å²) in [6, 6.07) is -1.04. The van der Waals surface area contributed by atoms with Gasteiger partial charge in [0.25, 0.3) is 0 Å². The Morgan fingerprint density at radius 3 is 1.89 bits per heavy atom. The minimum absolute atomic E-state index is 0.145. The molecular weight excluding hydrogens is 253 g/mol. The second kappa shape index (κ2) is 6.73. The number of hydrogen-bond acceptors (Lipinski definition) is 4. The van der Waals surface area contributed by atoms with Crippen molar-refractivity contribution in [3.05, 3.63) is 0 Å². The summed E-state index contributed by atoms with van der Waals surface area (Å²) in [7, 11) is 0. The molecule has 0 spiro atoms. The number of esters is 1. The quantitative estimate of drug-likeness (QED) is 0.802. The highest BCUT2D eigenvalue weighted by atomic mass is 19.1. The van der Waals surface area contributed by atoms with E-state index in [4.69, 9.17) is 9.47 Å². The van der Waals surface area contributed by atoms with E-state index in [1.54, 1.807) is 41.5 Å². The molecule has 0 rings (SSSR count). The molecule has 1 atom stereocenters. The van der Waals surface area contributed by atoms with Gasteiger partial charge < -0.3 is 14.8 Å². The second-order valence-electron chi connectivity index (χ2n) is 6.21. The van der Waals surface area contributed by atoms with Gasteiger partial charge in [-0.15, -0.1) is 0 Å². The van der Waals surface area contributed by atoms with E-state index in [1.807, 2.05) is 0 Å². The van der Waals surface area contributed by atoms with Crippen molar-refractivity contribution < 1.29 is 23.5 Å². The Hall–Kier alpha value is -1.33. The maximum absolute atomic E-state index is 12.4. The van der Waals surface area contributed by atoms with Crippen molar-refractivity contribution >= 4 is 12.1 Å². The Morgan fingerprint density at radius 2 is 1.53 bits per heavy atom. The van der Waals surface area contributed by atoms with E-state index in [0.717, 1.165) is 0 Å². The largest absolute Gasteiger partial charge is 0.458 e. The lowest BCUT2D eigenvalue weighted by molar-refractivity contribution is -0.157. The zero-order valence-corrected chi connectivity index (χ0v) is 12.5. The van der Waals surface area contributed by atoms with Gasteiger partial charge in [-0.3, -0.25) is 4.39 Å². The van der Waals surface area contributed by atoms with Gasteiger partial charge in [0, 0.05) is 6.42 Å². The molecule has 0 aliphatic rings. The Kier molecular flexibility index (Phi) is 6.25. The molecule has 0 aliphatic carbocycles. The van der Waals surface area contributed by atoms with E-state index in [2.05, 4.69) is 5.32 Å². The van der Waals surface area contributed by atoms with E-state index in [1.165, 1.54) is 0 Å². The molecule has 0 heterocycles. The van der Waals surface area contributed by atoms with E-state index < -0.39 is 36.0 Å². The lowest BCUT2D eigenvalue weighted by atomic mass is 10.1. The van der Waals surface area contributed by atoms with Gasteiger partial charge in [0.2, 0.25) is 0 Å². The van der Waals surface area contributed by atoms with Gasteiger partial charge in [0.15, 0.2) is 0 Å². The number of rotatable bonds is 4. The van der Waals surface area contributed by atoms with Crippen LogP contribution in [0.15, 0.2) is 0 Å². The van der Waals surface area contributed by atoms with Gasteiger partial charge in [-0.05, 0) is 41.5 Å². The molecule has 0 bridgehead atoms. The molecule has 1 amide bonds. The molecule has 0 radical (unpaired) electrons. The molecule has 0 saturated heterocycles. The van der Waals surface area contributed by atoms with Crippen molar-refractivity contribution in [3.63, 3.8) is 0 Å². The number of halogens is 1. The van der Waals surface area contributed by atoms with Crippen LogP contribution >= 0.6 is 0 Å². The van der Waals surface area contributed by atoms with E-state index in [9.17, 15) is 14.0 Å². The number of carbonyl (C=O) groups excluding carboxylic acids is 2. The molecule has 1 N–H and O–H groups in total. The fraction of sp³-hybridized carbons (Fsp3) is 0.846. The molecule has 0 saturated carbocycles. The summed E-state index contributed by atoms with van der Waals surface area (Å²) in [6.45, 7) is 9.46. The smallest absolute Gasteiger partial charge is 0.408 e. The van der Waals surface area contributed by atoms with Crippen molar-refractivity contribution in [3.8, 4) is 0 Å². The third-order valence-electron chi connectivity index (χ3n) is 1.78. The zero-order valence-electron chi connectivity index (χ0n) is 12.5. The summed E-state index contributed by atoms with van der Waals surface area (Å²) in [5.41, 5.74) is -1.38. The Balaban J connectivity index is 4.57. The molecule has 0 aromatic carbocycles. The first-order chi connectivity index (χ1) is 8.44. The molecule has 0 aromatic rings. The zero-order chi connectivity index (χ0) is 15.3. The third kappa shape index (κ3) is 9.27. The van der Waals surface area contributed by atoms with Crippen LogP contribution in [-0.2, 0) is 14.3 Å². The van der Waals surface area contributed by atoms with Crippen molar-refractivity contribution in [2.24, 2.45) is 0 Å². The minimum Gasteiger partial charge on any atom is -0.458 e. The van der Waals surface area contributed by atoms with E-state index in [-0.39, 0.29) is 6.42 Å². The average Bonchev–Trinajstić information content (AvgIpc) is 2.10. The van der Waals surface area contributed by atoms with Gasteiger partial charge in [-0.2, -0.15) is 0 Å². The first-order valence-corrected chi connectivity index (χ1v) is 6.23. The molecule has 0 fully saturated rings. The number of carbonyl (C=O) groups is 2. The molecule has 112 valence electrons. The molecule has 19 heavy (non-hydrogen) atoms. The topological polar surface area (TPSA) is 64.6 Å². The van der Waals surface area contributed by atoms with Crippen molar-refractivity contribution in [1.29, 1.82) is 0 Å². The first kappa shape index (κ1) is 17.7. The fourth-order valence-electron chi connectivity index (χ4n) is 1.18. The monoisotopic (exact) mass is 277 g/mol. The molecule has 0 aliphatic heterocycles. The minimum atomic E-state index is -1.04. The number of alkyl halides is 1. The van der Waals surface area contributed by atoms with E-state index in [0.29, 0.717) is 0 Å². The van der Waals surface area contributed by atoms with Crippen molar-refractivity contribution in [2.45, 2.75) is 65.2 Å². The maximum Gasteiger partial charge on any atom is 0.408 e. The third-order valence-corrected chi connectivity index (χ3v) is 1.78. The highest BCUT2D eigenvalue weighted by Crippen LogP contribution is 2.11. The van der Waals surface area contributed by atoms with Crippen LogP contribution in [0.3, 0.4) is 0 Å². The Bertz CT molecular complexity index is 318. The van der Waals surface area contributed by atoms with Gasteiger partial charge in [0.05, 0.1) is 6.67 Å². The Morgan fingerprint density at radius 1 is 1.05 bits per heavy atom. The number of amides is 1. The van der Waals surface area contributed by atoms with Crippen LogP contribution in [0, 0.1) is 0 Å². The van der Waals surface area contributed by atoms with Crippen LogP contribution in [0.2, 0.25) is 0 Å². The summed E-state index contributed by atoms with van der Waals surface area (Å²) in [6.07, 6.45) is -0.912. The maximum atomic E-state index is 12.4. The fourth-order valence-corrected chi connectivity index (χ4v) is 1.18. The number of hydrogen-bond donors (Lipinski definition) is 1. The van der Waals surface area contributed by atoms with Crippen LogP contribution in [-0.4, -0.2) is 36.0 Å². The lowest BCUT2D eigenvalue weighted by Gasteiger charge is -2.25. The van der Waals surface area contributed by atoms with Crippen LogP contribution in [0.25, 0.3) is 0 Å². The lowest BCUT2D eigenvalue weighted by Crippen LogP contribution is -2.46. The van der Waals surface area contributed by atoms with Crippen molar-refractivity contribution in [2.75, 3.05) is 6.67 Å². The molecule has 0 unspecified atom stereocenters. The van der Waals surface area contributed by atoms with Crippen molar-refractivity contribution in [1.82, 2.24) is 5.32 Å². The Labute approximate surface area is 113 Å². The highest BCUT2D eigenvalue weighted by molar-refractivity contribution is 5.81. The predicted octanol–water partition coefficient (Wildman–Crippen LogP) is 2.58. The summed E-state index contributed by atoms with van der Waals surface area (Å²) in [5, 5.41) is 2.32. The summed E-state index contributed by atoms with van der Waals surface area (Å²) in [4.78, 5) is 23.3. The van der Waals surface area contributed by atoms with E-state index >= 15 is 0 Å². The van der Waals surface area contributed by atoms with Crippen LogP contribution in [0.4, 0.5) is 9.18 Å². The first-order valence-electron chi connectivity index (χ1n) is 6.23. The summed E-state index contributed by atoms with van der Waals surface area (Å²) < 4.78 is 22.5. The number of ether oxygens (including phenoxy) is 2. The predicted molar refractivity (Wildman–Crippen MR) is 69.6 cm³/mol. The number of alkyl carbamates (subject to hydrolysis) is 1. The van der Waals surface area contributed by atoms with Crippen LogP contribution in [0.5, 0.6) is 0 Å². The van der Waals surface area contributed by atoms with Crippen LogP contribution in [0.1, 0.15) is 48.0 Å².